The number of halogens is 2. The molecule has 262 valence electrons. The van der Waals surface area contributed by atoms with Crippen LogP contribution in [-0.2, 0) is 0 Å². The summed E-state index contributed by atoms with van der Waals surface area (Å²) in [7, 11) is 2.82. The number of aromatic nitrogens is 2. The van der Waals surface area contributed by atoms with Gasteiger partial charge in [-0.3, -0.25) is 9.98 Å². The maximum atomic E-state index is 10.9. The van der Waals surface area contributed by atoms with Crippen LogP contribution in [-0.4, -0.2) is 56.5 Å². The number of hydrogen-bond acceptors (Lipinski definition) is 11. The lowest BCUT2D eigenvalue weighted by Gasteiger charge is -2.09. The molecule has 7 aromatic rings. The summed E-state index contributed by atoms with van der Waals surface area (Å²) in [6, 6.07) is 27.4. The summed E-state index contributed by atoms with van der Waals surface area (Å²) in [5.41, 5.74) is 2.16. The van der Waals surface area contributed by atoms with E-state index in [0.29, 0.717) is 33.3 Å². The first-order valence-corrected chi connectivity index (χ1v) is 16.5. The van der Waals surface area contributed by atoms with Gasteiger partial charge in [-0.15, -0.1) is 20.4 Å². The molecule has 1 heterocycles. The Labute approximate surface area is 310 Å². The molecule has 0 saturated carbocycles. The Bertz CT molecular complexity index is 2510. The molecule has 0 bridgehead atoms. The molecule has 4 N–H and O–H groups in total. The molecule has 53 heavy (non-hydrogen) atoms. The van der Waals surface area contributed by atoms with Gasteiger partial charge in [-0.2, -0.15) is 10.2 Å². The van der Waals surface area contributed by atoms with Crippen LogP contribution >= 0.6 is 23.2 Å². The van der Waals surface area contributed by atoms with Gasteiger partial charge in [0.1, 0.15) is 11.4 Å². The molecular formula is C38H26Cl2N8O5. The first kappa shape index (κ1) is 34.7. The maximum Gasteiger partial charge on any atom is 0.249 e. The molecule has 0 spiro atoms. The van der Waals surface area contributed by atoms with Gasteiger partial charge in [0.05, 0.1) is 43.7 Å². The lowest BCUT2D eigenvalue weighted by Crippen LogP contribution is -1.99. The van der Waals surface area contributed by atoms with E-state index in [0.717, 1.165) is 10.8 Å². The average molecular weight is 746 g/mol. The first-order chi connectivity index (χ1) is 25.7. The summed E-state index contributed by atoms with van der Waals surface area (Å²) in [6.45, 7) is 0. The Balaban J connectivity index is 1.13. The van der Waals surface area contributed by atoms with Gasteiger partial charge >= 0.3 is 0 Å². The smallest absolute Gasteiger partial charge is 0.249 e. The predicted octanol–water partition coefficient (Wildman–Crippen LogP) is 11.1. The Morgan fingerprint density at radius 2 is 0.981 bits per heavy atom. The summed E-state index contributed by atoms with van der Waals surface area (Å²) in [5, 5.41) is 70.9. The van der Waals surface area contributed by atoms with E-state index in [-0.39, 0.29) is 67.6 Å². The quantitative estimate of drug-likeness (QED) is 0.0674. The summed E-state index contributed by atoms with van der Waals surface area (Å²) >= 11 is 13.2. The molecule has 0 amide bonds. The third-order valence-corrected chi connectivity index (χ3v) is 8.84. The third kappa shape index (κ3) is 6.73. The van der Waals surface area contributed by atoms with E-state index < -0.39 is 0 Å². The average Bonchev–Trinajstić information content (AvgIpc) is 3.66. The van der Waals surface area contributed by atoms with E-state index in [2.05, 4.69) is 40.6 Å². The highest BCUT2D eigenvalue weighted by Gasteiger charge is 2.19. The molecule has 0 aliphatic heterocycles. The number of rotatable bonds is 8. The minimum Gasteiger partial charge on any atom is -0.505 e. The highest BCUT2D eigenvalue weighted by molar-refractivity contribution is 6.34. The van der Waals surface area contributed by atoms with E-state index in [1.165, 1.54) is 14.1 Å². The number of phenolic OH excluding ortho intramolecular Hbond substituents is 2. The zero-order valence-electron chi connectivity index (χ0n) is 27.8. The molecule has 1 aromatic heterocycles. The van der Waals surface area contributed by atoms with E-state index in [1.54, 1.807) is 72.8 Å². The van der Waals surface area contributed by atoms with Gasteiger partial charge in [0.2, 0.25) is 23.6 Å². The van der Waals surface area contributed by atoms with Crippen molar-refractivity contribution in [2.75, 3.05) is 14.1 Å². The van der Waals surface area contributed by atoms with Crippen LogP contribution < -0.4 is 0 Å². The largest absolute Gasteiger partial charge is 0.505 e. The van der Waals surface area contributed by atoms with Gasteiger partial charge in [-0.25, -0.2) is 0 Å². The van der Waals surface area contributed by atoms with Crippen molar-refractivity contribution in [3.8, 4) is 34.4 Å². The standard InChI is InChI=1S/C38H26Cl2N8O5/c1-41-35(51)27-15-19-7-3-5-9-23(19)31(33(27)49)45-43-21-11-13-25(29(39)17-21)37-47-48-38(53-37)26-14-12-22(18-30(26)40)44-46-32-24-10-6-4-8-20(24)16-28(34(32)50)36(52)42-2/h3-18,49-50H,1-2H3,(H,41,51)(H,42,52). The van der Waals surface area contributed by atoms with Gasteiger partial charge in [0.25, 0.3) is 0 Å². The van der Waals surface area contributed by atoms with E-state index in [4.69, 9.17) is 27.6 Å². The molecule has 0 aliphatic carbocycles. The minimum absolute atomic E-state index is 0.125. The molecule has 0 atom stereocenters. The number of benzene rings is 6. The van der Waals surface area contributed by atoms with Crippen molar-refractivity contribution in [1.82, 2.24) is 10.2 Å². The van der Waals surface area contributed by atoms with Crippen LogP contribution in [0.5, 0.6) is 11.5 Å². The predicted molar refractivity (Wildman–Crippen MR) is 205 cm³/mol. The highest BCUT2D eigenvalue weighted by atomic mass is 35.5. The Morgan fingerprint density at radius 3 is 1.38 bits per heavy atom. The van der Waals surface area contributed by atoms with Gasteiger partial charge in [0.15, 0.2) is 11.5 Å². The van der Waals surface area contributed by atoms with Crippen molar-refractivity contribution >= 4 is 79.3 Å². The summed E-state index contributed by atoms with van der Waals surface area (Å²) in [6.07, 6.45) is 0. The molecule has 6 aromatic carbocycles. The van der Waals surface area contributed by atoms with E-state index >= 15 is 0 Å². The van der Waals surface area contributed by atoms with Gasteiger partial charge < -0.3 is 24.8 Å². The lowest BCUT2D eigenvalue weighted by atomic mass is 10.0. The van der Waals surface area contributed by atoms with Crippen LogP contribution in [0.3, 0.4) is 0 Å². The molecule has 13 nitrogen and oxygen atoms in total. The molecule has 15 heteroatoms. The zero-order chi connectivity index (χ0) is 37.2. The fourth-order valence-electron chi connectivity index (χ4n) is 5.55. The van der Waals surface area contributed by atoms with Crippen LogP contribution in [0.25, 0.3) is 44.5 Å². The number of fused-ring (bicyclic) bond motifs is 2. The van der Waals surface area contributed by atoms with Crippen LogP contribution in [0, 0.1) is 0 Å². The Kier molecular flexibility index (Phi) is 9.50. The molecular weight excluding hydrogens is 719 g/mol. The lowest BCUT2D eigenvalue weighted by molar-refractivity contribution is 0.469. The van der Waals surface area contributed by atoms with Crippen LogP contribution in [0.15, 0.2) is 132 Å². The number of aliphatic imine (C=N–C) groups is 2. The van der Waals surface area contributed by atoms with Crippen molar-refractivity contribution in [2.24, 2.45) is 30.4 Å². The monoisotopic (exact) mass is 744 g/mol. The fourth-order valence-corrected chi connectivity index (χ4v) is 6.07. The van der Waals surface area contributed by atoms with Crippen LogP contribution in [0.1, 0.15) is 11.1 Å². The number of nitrogens with zero attached hydrogens (tertiary/aromatic N) is 8. The van der Waals surface area contributed by atoms with Gasteiger partial charge in [0, 0.05) is 24.9 Å². The number of aliphatic hydroxyl groups excluding tert-OH is 2. The number of phenols is 2. The topological polar surface area (TPSA) is 194 Å². The van der Waals surface area contributed by atoms with Gasteiger partial charge in [-0.1, -0.05) is 71.7 Å². The second kappa shape index (κ2) is 14.5. The summed E-state index contributed by atoms with van der Waals surface area (Å²) in [4.78, 5) is 7.55. The number of aromatic hydroxyl groups is 2. The summed E-state index contributed by atoms with van der Waals surface area (Å²) < 4.78 is 5.94. The zero-order valence-corrected chi connectivity index (χ0v) is 29.3. The number of hydrogen-bond donors (Lipinski definition) is 4. The minimum atomic E-state index is -0.337. The molecule has 0 saturated heterocycles. The molecule has 0 fully saturated rings. The second-order valence-electron chi connectivity index (χ2n) is 11.4. The summed E-state index contributed by atoms with van der Waals surface area (Å²) in [5.74, 6) is -0.964. The van der Waals surface area contributed by atoms with Crippen LogP contribution in [0.4, 0.5) is 22.7 Å². The second-order valence-corrected chi connectivity index (χ2v) is 12.2. The van der Waals surface area contributed by atoms with Crippen LogP contribution in [0.2, 0.25) is 10.0 Å². The normalized spacial score (nSPS) is 12.5. The Hall–Kier alpha value is -6.70. The Morgan fingerprint density at radius 1 is 0.566 bits per heavy atom. The first-order valence-electron chi connectivity index (χ1n) is 15.7. The maximum absolute atomic E-state index is 10.9. The number of aliphatic hydroxyl groups is 2. The van der Waals surface area contributed by atoms with Crippen molar-refractivity contribution < 1.29 is 24.8 Å². The molecule has 7 rings (SSSR count). The third-order valence-electron chi connectivity index (χ3n) is 8.22. The SMILES string of the molecule is CN=C(O)c1cc2ccccc2c(N=Nc2ccc(-c3nnc(-c4ccc(N=Nc5c(O)c(C(O)=NC)cc6ccccc56)cc4Cl)o3)c(Cl)c2)c1O. The van der Waals surface area contributed by atoms with E-state index in [1.807, 2.05) is 24.3 Å². The highest BCUT2D eigenvalue weighted by Crippen LogP contribution is 2.42. The van der Waals surface area contributed by atoms with Crippen molar-refractivity contribution in [3.63, 3.8) is 0 Å². The van der Waals surface area contributed by atoms with Crippen molar-refractivity contribution in [3.05, 3.63) is 118 Å². The molecule has 0 unspecified atom stereocenters. The molecule has 0 aliphatic rings. The van der Waals surface area contributed by atoms with Crippen molar-refractivity contribution in [2.45, 2.75) is 0 Å². The van der Waals surface area contributed by atoms with E-state index in [9.17, 15) is 20.4 Å². The van der Waals surface area contributed by atoms with Gasteiger partial charge in [-0.05, 0) is 59.3 Å². The fraction of sp³-hybridized carbons (Fsp3) is 0.0526. The van der Waals surface area contributed by atoms with Crippen molar-refractivity contribution in [1.29, 1.82) is 0 Å². The number of azo groups is 2. The molecule has 0 radical (unpaired) electrons.